The van der Waals surface area contributed by atoms with Crippen molar-refractivity contribution in [2.75, 3.05) is 13.2 Å². The summed E-state index contributed by atoms with van der Waals surface area (Å²) in [5.74, 6) is 0.688. The van der Waals surface area contributed by atoms with Crippen molar-refractivity contribution in [2.24, 2.45) is 5.92 Å². The Bertz CT molecular complexity index is 406. The van der Waals surface area contributed by atoms with E-state index in [4.69, 9.17) is 4.74 Å². The molecule has 1 atom stereocenters. The molecule has 0 radical (unpaired) electrons. The monoisotopic (exact) mass is 291 g/mol. The highest BCUT2D eigenvalue weighted by Crippen LogP contribution is 2.20. The summed E-state index contributed by atoms with van der Waals surface area (Å²) in [5, 5.41) is 3.61. The zero-order chi connectivity index (χ0) is 15.9. The molecule has 0 aliphatic heterocycles. The maximum atomic E-state index is 6.00. The Morgan fingerprint density at radius 1 is 1.19 bits per heavy atom. The normalized spacial score (nSPS) is 13.7. The Balaban J connectivity index is 2.81. The van der Waals surface area contributed by atoms with Crippen molar-refractivity contribution in [1.29, 1.82) is 0 Å². The topological polar surface area (TPSA) is 21.3 Å². The van der Waals surface area contributed by atoms with E-state index in [0.29, 0.717) is 12.5 Å². The zero-order valence-corrected chi connectivity index (χ0v) is 14.7. The van der Waals surface area contributed by atoms with Crippen molar-refractivity contribution in [3.05, 3.63) is 35.4 Å². The lowest BCUT2D eigenvalue weighted by molar-refractivity contribution is -0.0147. The van der Waals surface area contributed by atoms with Crippen LogP contribution in [0.4, 0.5) is 0 Å². The van der Waals surface area contributed by atoms with Gasteiger partial charge in [-0.1, -0.05) is 45.0 Å². The summed E-state index contributed by atoms with van der Waals surface area (Å²) in [6.07, 6.45) is 2.27. The molecule has 0 amide bonds. The Kier molecular flexibility index (Phi) is 7.41. The van der Waals surface area contributed by atoms with Gasteiger partial charge in [0.1, 0.15) is 0 Å². The molecule has 0 bridgehead atoms. The third-order valence-electron chi connectivity index (χ3n) is 3.32. The molecule has 1 rings (SSSR count). The Labute approximate surface area is 131 Å². The van der Waals surface area contributed by atoms with Crippen molar-refractivity contribution < 1.29 is 4.74 Å². The fraction of sp³-hybridized carbons (Fsp3) is 0.684. The van der Waals surface area contributed by atoms with Crippen molar-refractivity contribution in [3.8, 4) is 0 Å². The van der Waals surface area contributed by atoms with E-state index in [1.54, 1.807) is 0 Å². The fourth-order valence-electron chi connectivity index (χ4n) is 2.33. The average Bonchev–Trinajstić information content (AvgIpc) is 2.37. The highest BCUT2D eigenvalue weighted by molar-refractivity contribution is 5.26. The van der Waals surface area contributed by atoms with Crippen LogP contribution in [0.2, 0.25) is 0 Å². The first-order chi connectivity index (χ1) is 9.81. The molecular weight excluding hydrogens is 258 g/mol. The van der Waals surface area contributed by atoms with E-state index in [-0.39, 0.29) is 11.6 Å². The highest BCUT2D eigenvalue weighted by atomic mass is 16.5. The second-order valence-corrected chi connectivity index (χ2v) is 7.27. The van der Waals surface area contributed by atoms with Gasteiger partial charge in [-0.15, -0.1) is 0 Å². The number of hydrogen-bond acceptors (Lipinski definition) is 2. The first-order valence-electron chi connectivity index (χ1n) is 8.28. The van der Waals surface area contributed by atoms with Crippen molar-refractivity contribution in [1.82, 2.24) is 5.32 Å². The summed E-state index contributed by atoms with van der Waals surface area (Å²) in [4.78, 5) is 0. The predicted molar refractivity (Wildman–Crippen MR) is 91.7 cm³/mol. The first-order valence-corrected chi connectivity index (χ1v) is 8.28. The van der Waals surface area contributed by atoms with Gasteiger partial charge in [-0.05, 0) is 57.2 Å². The zero-order valence-electron chi connectivity index (χ0n) is 14.7. The summed E-state index contributed by atoms with van der Waals surface area (Å²) in [6, 6.07) is 9.22. The number of nitrogens with one attached hydrogen (secondary N) is 1. The molecule has 0 saturated heterocycles. The van der Waals surface area contributed by atoms with Crippen LogP contribution in [0.25, 0.3) is 0 Å². The molecule has 0 aliphatic carbocycles. The minimum Gasteiger partial charge on any atom is -0.374 e. The highest BCUT2D eigenvalue weighted by Gasteiger charge is 2.17. The molecule has 0 heterocycles. The van der Waals surface area contributed by atoms with Gasteiger partial charge in [0.15, 0.2) is 0 Å². The van der Waals surface area contributed by atoms with Crippen LogP contribution in [0.15, 0.2) is 24.3 Å². The number of benzene rings is 1. The van der Waals surface area contributed by atoms with Crippen molar-refractivity contribution in [2.45, 2.75) is 66.0 Å². The minimum atomic E-state index is -0.0955. The predicted octanol–water partition coefficient (Wildman–Crippen LogP) is 4.74. The fourth-order valence-corrected chi connectivity index (χ4v) is 2.33. The molecule has 1 aromatic carbocycles. The largest absolute Gasteiger partial charge is 0.374 e. The van der Waals surface area contributed by atoms with Gasteiger partial charge < -0.3 is 10.1 Å². The van der Waals surface area contributed by atoms with Gasteiger partial charge in [0.05, 0.1) is 18.2 Å². The molecule has 1 N–H and O–H groups in total. The molecular formula is C19H33NO. The molecule has 2 nitrogen and oxygen atoms in total. The maximum Gasteiger partial charge on any atom is 0.0668 e. The van der Waals surface area contributed by atoms with Crippen molar-refractivity contribution in [3.63, 3.8) is 0 Å². The van der Waals surface area contributed by atoms with Crippen molar-refractivity contribution >= 4 is 0 Å². The van der Waals surface area contributed by atoms with Gasteiger partial charge in [-0.25, -0.2) is 0 Å². The molecule has 2 heteroatoms. The quantitative estimate of drug-likeness (QED) is 0.747. The van der Waals surface area contributed by atoms with E-state index in [9.17, 15) is 0 Å². The third-order valence-corrected chi connectivity index (χ3v) is 3.32. The number of hydrogen-bond donors (Lipinski definition) is 1. The van der Waals surface area contributed by atoms with E-state index in [1.165, 1.54) is 11.1 Å². The van der Waals surface area contributed by atoms with E-state index >= 15 is 0 Å². The summed E-state index contributed by atoms with van der Waals surface area (Å²) in [5.41, 5.74) is 2.66. The SMILES string of the molecule is CCCNC(COC(C)(C)C)c1cccc(CC(C)C)c1. The van der Waals surface area contributed by atoms with Crippen LogP contribution in [0.1, 0.15) is 65.1 Å². The van der Waals surface area contributed by atoms with Crippen LogP contribution in [0.3, 0.4) is 0 Å². The molecule has 1 aromatic rings. The molecule has 0 spiro atoms. The van der Waals surface area contributed by atoms with Gasteiger partial charge in [-0.2, -0.15) is 0 Å². The molecule has 0 fully saturated rings. The second-order valence-electron chi connectivity index (χ2n) is 7.27. The third kappa shape index (κ3) is 7.63. The lowest BCUT2D eigenvalue weighted by Crippen LogP contribution is -2.30. The average molecular weight is 291 g/mol. The van der Waals surface area contributed by atoms with Crippen LogP contribution < -0.4 is 5.32 Å². The molecule has 0 aromatic heterocycles. The summed E-state index contributed by atoms with van der Waals surface area (Å²) in [7, 11) is 0. The molecule has 1 unspecified atom stereocenters. The van der Waals surface area contributed by atoms with Gasteiger partial charge in [0, 0.05) is 0 Å². The Morgan fingerprint density at radius 2 is 1.90 bits per heavy atom. The van der Waals surface area contributed by atoms with Crippen LogP contribution >= 0.6 is 0 Å². The summed E-state index contributed by atoms with van der Waals surface area (Å²) < 4.78 is 6.00. The second kappa shape index (κ2) is 8.55. The van der Waals surface area contributed by atoms with Crippen LogP contribution in [-0.4, -0.2) is 18.8 Å². The van der Waals surface area contributed by atoms with E-state index in [2.05, 4.69) is 71.1 Å². The van der Waals surface area contributed by atoms with E-state index < -0.39 is 0 Å². The first kappa shape index (κ1) is 18.2. The Morgan fingerprint density at radius 3 is 2.48 bits per heavy atom. The standard InChI is InChI=1S/C19H33NO/c1-7-11-20-18(14-21-19(4,5)6)17-10-8-9-16(13-17)12-15(2)3/h8-10,13,15,18,20H,7,11-12,14H2,1-6H3. The van der Waals surface area contributed by atoms with Gasteiger partial charge in [0.25, 0.3) is 0 Å². The van der Waals surface area contributed by atoms with Gasteiger partial charge in [-0.3, -0.25) is 0 Å². The molecule has 21 heavy (non-hydrogen) atoms. The Hall–Kier alpha value is -0.860. The molecule has 0 aliphatic rings. The van der Waals surface area contributed by atoms with Crippen LogP contribution in [-0.2, 0) is 11.2 Å². The molecule has 120 valence electrons. The van der Waals surface area contributed by atoms with Gasteiger partial charge >= 0.3 is 0 Å². The lowest BCUT2D eigenvalue weighted by atomic mass is 9.98. The number of rotatable bonds is 8. The van der Waals surface area contributed by atoms with E-state index in [1.807, 2.05) is 0 Å². The lowest BCUT2D eigenvalue weighted by Gasteiger charge is -2.26. The maximum absolute atomic E-state index is 6.00. The molecule has 0 saturated carbocycles. The van der Waals surface area contributed by atoms with Crippen LogP contribution in [0, 0.1) is 5.92 Å². The van der Waals surface area contributed by atoms with E-state index in [0.717, 1.165) is 19.4 Å². The minimum absolute atomic E-state index is 0.0955. The van der Waals surface area contributed by atoms with Gasteiger partial charge in [0.2, 0.25) is 0 Å². The summed E-state index contributed by atoms with van der Waals surface area (Å²) >= 11 is 0. The summed E-state index contributed by atoms with van der Waals surface area (Å²) in [6.45, 7) is 14.8. The number of ether oxygens (including phenoxy) is 1. The smallest absolute Gasteiger partial charge is 0.0668 e. The van der Waals surface area contributed by atoms with Crippen LogP contribution in [0.5, 0.6) is 0 Å².